The Morgan fingerprint density at radius 1 is 0.318 bits per heavy atom. The van der Waals surface area contributed by atoms with Gasteiger partial charge in [0.2, 0.25) is 0 Å². The van der Waals surface area contributed by atoms with E-state index in [1.54, 1.807) is 0 Å². The zero-order valence-electron chi connectivity index (χ0n) is 25.5. The Hall–Kier alpha value is -5.34. The fourth-order valence-corrected chi connectivity index (χ4v) is 5.79. The van der Waals surface area contributed by atoms with Gasteiger partial charge in [0.25, 0.3) is 0 Å². The SMILES string of the molecule is Cc1ccccc1C(=O)c1cc(-c2cccc(-c3cccc(-c4ccc(C)c(C(=O)c5ccccc5C)c4)c3)c2)ccc1C. The Balaban J connectivity index is 1.33. The van der Waals surface area contributed by atoms with Crippen LogP contribution in [0.15, 0.2) is 133 Å². The highest BCUT2D eigenvalue weighted by Gasteiger charge is 2.17. The van der Waals surface area contributed by atoms with Crippen molar-refractivity contribution in [2.24, 2.45) is 0 Å². The van der Waals surface area contributed by atoms with Crippen LogP contribution in [0, 0.1) is 27.7 Å². The minimum absolute atomic E-state index is 0.0460. The summed E-state index contributed by atoms with van der Waals surface area (Å²) in [6.07, 6.45) is 0. The molecule has 2 heteroatoms. The number of rotatable bonds is 7. The van der Waals surface area contributed by atoms with Crippen LogP contribution in [-0.4, -0.2) is 11.6 Å². The lowest BCUT2D eigenvalue weighted by molar-refractivity contribution is 0.103. The number of aryl methyl sites for hydroxylation is 4. The molecule has 0 aliphatic rings. The van der Waals surface area contributed by atoms with Crippen LogP contribution in [-0.2, 0) is 0 Å². The summed E-state index contributed by atoms with van der Waals surface area (Å²) in [7, 11) is 0. The third-order valence-corrected chi connectivity index (χ3v) is 8.47. The average Bonchev–Trinajstić information content (AvgIpc) is 3.05. The molecule has 6 aromatic carbocycles. The monoisotopic (exact) mass is 570 g/mol. The van der Waals surface area contributed by atoms with Gasteiger partial charge in [-0.2, -0.15) is 0 Å². The van der Waals surface area contributed by atoms with Gasteiger partial charge in [0.05, 0.1) is 0 Å². The molecule has 0 aliphatic heterocycles. The molecule has 0 amide bonds. The predicted molar refractivity (Wildman–Crippen MR) is 181 cm³/mol. The van der Waals surface area contributed by atoms with Gasteiger partial charge in [0, 0.05) is 22.3 Å². The molecule has 0 saturated heterocycles. The zero-order chi connectivity index (χ0) is 30.8. The fraction of sp³-hybridized carbons (Fsp3) is 0.0952. The zero-order valence-corrected chi connectivity index (χ0v) is 25.5. The topological polar surface area (TPSA) is 34.1 Å². The summed E-state index contributed by atoms with van der Waals surface area (Å²) in [6.45, 7) is 7.93. The van der Waals surface area contributed by atoms with Crippen LogP contribution < -0.4 is 0 Å². The van der Waals surface area contributed by atoms with Gasteiger partial charge in [-0.3, -0.25) is 9.59 Å². The van der Waals surface area contributed by atoms with E-state index in [4.69, 9.17) is 0 Å². The van der Waals surface area contributed by atoms with Gasteiger partial charge in [-0.05, 0) is 108 Å². The van der Waals surface area contributed by atoms with Gasteiger partial charge in [-0.15, -0.1) is 0 Å². The third-order valence-electron chi connectivity index (χ3n) is 8.47. The average molecular weight is 571 g/mol. The maximum Gasteiger partial charge on any atom is 0.193 e. The van der Waals surface area contributed by atoms with Gasteiger partial charge >= 0.3 is 0 Å². The number of hydrogen-bond donors (Lipinski definition) is 0. The molecule has 0 atom stereocenters. The molecule has 44 heavy (non-hydrogen) atoms. The van der Waals surface area contributed by atoms with Crippen molar-refractivity contribution in [3.63, 3.8) is 0 Å². The molecular formula is C42H34O2. The Labute approximate surface area is 259 Å². The van der Waals surface area contributed by atoms with Crippen LogP contribution in [0.4, 0.5) is 0 Å². The molecule has 0 heterocycles. The number of hydrogen-bond acceptors (Lipinski definition) is 2. The quantitative estimate of drug-likeness (QED) is 0.179. The summed E-state index contributed by atoms with van der Waals surface area (Å²) < 4.78 is 0. The van der Waals surface area contributed by atoms with Crippen molar-refractivity contribution in [2.75, 3.05) is 0 Å². The Morgan fingerprint density at radius 2 is 0.636 bits per heavy atom. The van der Waals surface area contributed by atoms with Crippen LogP contribution in [0.1, 0.15) is 54.1 Å². The second kappa shape index (κ2) is 12.1. The summed E-state index contributed by atoms with van der Waals surface area (Å²) in [6, 6.07) is 44.6. The van der Waals surface area contributed by atoms with E-state index in [9.17, 15) is 9.59 Å². The Kier molecular flexibility index (Phi) is 7.91. The lowest BCUT2D eigenvalue weighted by atomic mass is 9.91. The maximum absolute atomic E-state index is 13.5. The molecule has 6 rings (SSSR count). The number of benzene rings is 6. The van der Waals surface area contributed by atoms with E-state index in [0.29, 0.717) is 0 Å². The van der Waals surface area contributed by atoms with E-state index in [1.165, 1.54) is 0 Å². The molecule has 0 saturated carbocycles. The highest BCUT2D eigenvalue weighted by molar-refractivity contribution is 6.12. The van der Waals surface area contributed by atoms with Crippen molar-refractivity contribution in [2.45, 2.75) is 27.7 Å². The fourth-order valence-electron chi connectivity index (χ4n) is 5.79. The van der Waals surface area contributed by atoms with Crippen molar-refractivity contribution < 1.29 is 9.59 Å². The first-order valence-corrected chi connectivity index (χ1v) is 14.9. The molecule has 214 valence electrons. The normalized spacial score (nSPS) is 10.9. The minimum Gasteiger partial charge on any atom is -0.289 e. The second-order valence-corrected chi connectivity index (χ2v) is 11.5. The molecule has 0 spiro atoms. The van der Waals surface area contributed by atoms with Crippen molar-refractivity contribution in [3.05, 3.63) is 178 Å². The number of carbonyl (C=O) groups excluding carboxylic acids is 2. The van der Waals surface area contributed by atoms with E-state index in [2.05, 4.69) is 60.7 Å². The van der Waals surface area contributed by atoms with E-state index < -0.39 is 0 Å². The van der Waals surface area contributed by atoms with Gasteiger partial charge in [0.1, 0.15) is 0 Å². The van der Waals surface area contributed by atoms with Crippen LogP contribution in [0.2, 0.25) is 0 Å². The highest BCUT2D eigenvalue weighted by Crippen LogP contribution is 2.32. The van der Waals surface area contributed by atoms with E-state index >= 15 is 0 Å². The molecule has 2 nitrogen and oxygen atoms in total. The lowest BCUT2D eigenvalue weighted by Gasteiger charge is -2.13. The largest absolute Gasteiger partial charge is 0.289 e. The Bertz CT molecular complexity index is 1900. The van der Waals surface area contributed by atoms with Crippen molar-refractivity contribution in [3.8, 4) is 33.4 Å². The summed E-state index contributed by atoms with van der Waals surface area (Å²) in [4.78, 5) is 27.0. The second-order valence-electron chi connectivity index (χ2n) is 11.5. The molecule has 6 aromatic rings. The highest BCUT2D eigenvalue weighted by atomic mass is 16.1. The smallest absolute Gasteiger partial charge is 0.193 e. The van der Waals surface area contributed by atoms with E-state index in [0.717, 1.165) is 77.9 Å². The molecule has 0 aliphatic carbocycles. The van der Waals surface area contributed by atoms with E-state index in [1.807, 2.05) is 100 Å². The first-order valence-electron chi connectivity index (χ1n) is 14.9. The summed E-state index contributed by atoms with van der Waals surface area (Å²) in [5.74, 6) is 0.0920. The van der Waals surface area contributed by atoms with Gasteiger partial charge in [-0.1, -0.05) is 109 Å². The first kappa shape index (κ1) is 28.8. The third kappa shape index (κ3) is 5.67. The van der Waals surface area contributed by atoms with Crippen LogP contribution in [0.3, 0.4) is 0 Å². The lowest BCUT2D eigenvalue weighted by Crippen LogP contribution is -2.06. The summed E-state index contributed by atoms with van der Waals surface area (Å²) in [5, 5.41) is 0. The minimum atomic E-state index is 0.0460. The number of carbonyl (C=O) groups is 2. The van der Waals surface area contributed by atoms with Crippen LogP contribution in [0.5, 0.6) is 0 Å². The molecule has 0 radical (unpaired) electrons. The molecule has 0 unspecified atom stereocenters. The van der Waals surface area contributed by atoms with Gasteiger partial charge in [0.15, 0.2) is 11.6 Å². The molecule has 0 bridgehead atoms. The van der Waals surface area contributed by atoms with Crippen molar-refractivity contribution in [1.29, 1.82) is 0 Å². The number of ketones is 2. The summed E-state index contributed by atoms with van der Waals surface area (Å²) in [5.41, 5.74) is 13.1. The predicted octanol–water partition coefficient (Wildman–Crippen LogP) is 10.4. The molecular weight excluding hydrogens is 536 g/mol. The van der Waals surface area contributed by atoms with Gasteiger partial charge in [-0.25, -0.2) is 0 Å². The first-order chi connectivity index (χ1) is 21.3. The molecule has 0 aromatic heterocycles. The molecule has 0 N–H and O–H groups in total. The van der Waals surface area contributed by atoms with Crippen LogP contribution >= 0.6 is 0 Å². The molecule has 0 fully saturated rings. The van der Waals surface area contributed by atoms with Crippen LogP contribution in [0.25, 0.3) is 33.4 Å². The van der Waals surface area contributed by atoms with Gasteiger partial charge < -0.3 is 0 Å². The maximum atomic E-state index is 13.5. The summed E-state index contributed by atoms with van der Waals surface area (Å²) >= 11 is 0. The Morgan fingerprint density at radius 3 is 1.00 bits per heavy atom. The van der Waals surface area contributed by atoms with E-state index in [-0.39, 0.29) is 11.6 Å². The standard InChI is InChI=1S/C42H34O2/c1-27-11-5-7-17-37(27)41(43)39-25-35(21-19-29(39)3)33-15-9-13-31(23-33)32-14-10-16-34(24-32)36-22-20-30(4)40(26-36)42(44)38-18-8-6-12-28(38)2/h5-26H,1-4H3. The van der Waals surface area contributed by atoms with Crippen molar-refractivity contribution in [1.82, 2.24) is 0 Å². The van der Waals surface area contributed by atoms with Crippen molar-refractivity contribution >= 4 is 11.6 Å².